The van der Waals surface area contributed by atoms with Crippen LogP contribution < -0.4 is 5.32 Å². The molecule has 3 rings (SSSR count). The van der Waals surface area contributed by atoms with Crippen molar-refractivity contribution in [2.24, 2.45) is 5.92 Å². The van der Waals surface area contributed by atoms with E-state index in [0.717, 1.165) is 22.9 Å². The second kappa shape index (κ2) is 7.88. The lowest BCUT2D eigenvalue weighted by molar-refractivity contribution is -0.119. The molecule has 25 heavy (non-hydrogen) atoms. The van der Waals surface area contributed by atoms with E-state index in [1.165, 1.54) is 31.0 Å². The normalized spacial score (nSPS) is 20.2. The number of fused-ring (bicyclic) bond motifs is 1. The Kier molecular flexibility index (Phi) is 5.60. The number of amides is 1. The molecule has 1 heterocycles. The zero-order chi connectivity index (χ0) is 17.8. The van der Waals surface area contributed by atoms with Crippen molar-refractivity contribution in [3.8, 4) is 6.07 Å². The summed E-state index contributed by atoms with van der Waals surface area (Å²) in [5, 5.41) is 14.1. The van der Waals surface area contributed by atoms with Crippen molar-refractivity contribution >= 4 is 28.6 Å². The van der Waals surface area contributed by atoms with Gasteiger partial charge >= 0.3 is 0 Å². The number of carbonyl (C=O) groups excluding carboxylic acids is 1. The van der Waals surface area contributed by atoms with E-state index in [9.17, 15) is 10.1 Å². The smallest absolute Gasteiger partial charge is 0.230 e. The standard InChI is InChI=1S/C20H23N3OS/c1-13-7-8-15-10-16(11-21)20(23-18(15)9-13)25-12-19(24)22-17-6-4-3-5-14(17)2/h7-10,14,17H,3-6,12H2,1-2H3,(H,22,24)/t14-,17-/m1/s1. The van der Waals surface area contributed by atoms with Crippen LogP contribution in [0.15, 0.2) is 29.3 Å². The van der Waals surface area contributed by atoms with Gasteiger partial charge in [0.1, 0.15) is 11.1 Å². The van der Waals surface area contributed by atoms with Gasteiger partial charge in [-0.2, -0.15) is 5.26 Å². The first kappa shape index (κ1) is 17.8. The van der Waals surface area contributed by atoms with Crippen molar-refractivity contribution in [2.45, 2.75) is 50.6 Å². The Hall–Kier alpha value is -2.06. The van der Waals surface area contributed by atoms with Crippen molar-refractivity contribution in [1.29, 1.82) is 5.26 Å². The van der Waals surface area contributed by atoms with Gasteiger partial charge in [-0.15, -0.1) is 0 Å². The minimum absolute atomic E-state index is 0.0266. The molecule has 1 aliphatic rings. The highest BCUT2D eigenvalue weighted by atomic mass is 32.2. The van der Waals surface area contributed by atoms with Crippen LogP contribution in [0.4, 0.5) is 0 Å². The lowest BCUT2D eigenvalue weighted by Gasteiger charge is -2.29. The predicted octanol–water partition coefficient (Wildman–Crippen LogP) is 4.20. The molecule has 130 valence electrons. The van der Waals surface area contributed by atoms with Crippen molar-refractivity contribution in [3.63, 3.8) is 0 Å². The highest BCUT2D eigenvalue weighted by Gasteiger charge is 2.22. The molecular weight excluding hydrogens is 330 g/mol. The Morgan fingerprint density at radius 1 is 1.36 bits per heavy atom. The van der Waals surface area contributed by atoms with E-state index in [4.69, 9.17) is 0 Å². The summed E-state index contributed by atoms with van der Waals surface area (Å²) in [6, 6.07) is 10.3. The molecule has 0 radical (unpaired) electrons. The van der Waals surface area contributed by atoms with Gasteiger partial charge in [-0.1, -0.05) is 43.7 Å². The molecule has 2 atom stereocenters. The molecule has 0 saturated heterocycles. The number of rotatable bonds is 4. The van der Waals surface area contributed by atoms with E-state index < -0.39 is 0 Å². The molecule has 1 aliphatic carbocycles. The topological polar surface area (TPSA) is 65.8 Å². The van der Waals surface area contributed by atoms with Gasteiger partial charge in [-0.3, -0.25) is 4.79 Å². The molecule has 0 spiro atoms. The van der Waals surface area contributed by atoms with E-state index in [1.54, 1.807) is 0 Å². The number of benzene rings is 1. The fourth-order valence-corrected chi connectivity index (χ4v) is 4.14. The van der Waals surface area contributed by atoms with Gasteiger partial charge in [0, 0.05) is 11.4 Å². The number of carbonyl (C=O) groups is 1. The minimum Gasteiger partial charge on any atom is -0.352 e. The zero-order valence-corrected chi connectivity index (χ0v) is 15.5. The zero-order valence-electron chi connectivity index (χ0n) is 14.7. The average molecular weight is 353 g/mol. The second-order valence-electron chi connectivity index (χ2n) is 6.87. The van der Waals surface area contributed by atoms with Crippen LogP contribution in [0.5, 0.6) is 0 Å². The van der Waals surface area contributed by atoms with Crippen LogP contribution in [0.1, 0.15) is 43.7 Å². The Balaban J connectivity index is 1.69. The number of aromatic nitrogens is 1. The van der Waals surface area contributed by atoms with Gasteiger partial charge in [0.25, 0.3) is 0 Å². The van der Waals surface area contributed by atoms with E-state index in [2.05, 4.69) is 23.3 Å². The van der Waals surface area contributed by atoms with Crippen LogP contribution in [0.2, 0.25) is 0 Å². The number of aryl methyl sites for hydroxylation is 1. The molecular formula is C20H23N3OS. The maximum Gasteiger partial charge on any atom is 0.230 e. The van der Waals surface area contributed by atoms with Gasteiger partial charge < -0.3 is 5.32 Å². The average Bonchev–Trinajstić information content (AvgIpc) is 2.61. The molecule has 4 nitrogen and oxygen atoms in total. The SMILES string of the molecule is Cc1ccc2cc(C#N)c(SCC(=O)N[C@@H]3CCCC[C@H]3C)nc2c1. The number of thioether (sulfide) groups is 1. The van der Waals surface area contributed by atoms with Crippen LogP contribution in [0, 0.1) is 24.2 Å². The molecule has 2 aromatic rings. The summed E-state index contributed by atoms with van der Waals surface area (Å²) in [6.45, 7) is 4.23. The summed E-state index contributed by atoms with van der Waals surface area (Å²) < 4.78 is 0. The summed E-state index contributed by atoms with van der Waals surface area (Å²) in [5.74, 6) is 0.861. The van der Waals surface area contributed by atoms with Gasteiger partial charge in [0.2, 0.25) is 5.91 Å². The third-order valence-electron chi connectivity index (χ3n) is 4.86. The number of nitrogens with zero attached hydrogens (tertiary/aromatic N) is 2. The molecule has 1 N–H and O–H groups in total. The molecule has 1 fully saturated rings. The van der Waals surface area contributed by atoms with Crippen molar-refractivity contribution in [3.05, 3.63) is 35.4 Å². The summed E-state index contributed by atoms with van der Waals surface area (Å²) >= 11 is 1.34. The van der Waals surface area contributed by atoms with E-state index in [-0.39, 0.29) is 11.9 Å². The lowest BCUT2D eigenvalue weighted by atomic mass is 9.86. The third kappa shape index (κ3) is 4.32. The van der Waals surface area contributed by atoms with Crippen molar-refractivity contribution < 1.29 is 4.79 Å². The fraction of sp³-hybridized carbons (Fsp3) is 0.450. The molecule has 0 unspecified atom stereocenters. The van der Waals surface area contributed by atoms with Crippen LogP contribution in [-0.2, 0) is 4.79 Å². The van der Waals surface area contributed by atoms with Gasteiger partial charge in [-0.25, -0.2) is 4.98 Å². The molecule has 0 bridgehead atoms. The van der Waals surface area contributed by atoms with Crippen LogP contribution in [0.25, 0.3) is 10.9 Å². The minimum atomic E-state index is 0.0266. The first-order valence-corrected chi connectivity index (χ1v) is 9.79. The maximum absolute atomic E-state index is 12.3. The van der Waals surface area contributed by atoms with E-state index >= 15 is 0 Å². The Bertz CT molecular complexity index is 828. The number of nitriles is 1. The Morgan fingerprint density at radius 3 is 2.92 bits per heavy atom. The van der Waals surface area contributed by atoms with E-state index in [0.29, 0.717) is 22.3 Å². The molecule has 1 aromatic carbocycles. The number of hydrogen-bond donors (Lipinski definition) is 1. The summed E-state index contributed by atoms with van der Waals surface area (Å²) in [4.78, 5) is 16.9. The highest BCUT2D eigenvalue weighted by Crippen LogP contribution is 2.26. The number of nitrogens with one attached hydrogen (secondary N) is 1. The largest absolute Gasteiger partial charge is 0.352 e. The van der Waals surface area contributed by atoms with Gasteiger partial charge in [0.05, 0.1) is 16.8 Å². The fourth-order valence-electron chi connectivity index (χ4n) is 3.36. The molecule has 5 heteroatoms. The highest BCUT2D eigenvalue weighted by molar-refractivity contribution is 8.00. The van der Waals surface area contributed by atoms with Crippen molar-refractivity contribution in [2.75, 3.05) is 5.75 Å². The van der Waals surface area contributed by atoms with E-state index in [1.807, 2.05) is 31.2 Å². The lowest BCUT2D eigenvalue weighted by Crippen LogP contribution is -2.41. The van der Waals surface area contributed by atoms with Crippen LogP contribution in [0.3, 0.4) is 0 Å². The molecule has 1 saturated carbocycles. The Labute approximate surface area is 153 Å². The first-order valence-electron chi connectivity index (χ1n) is 8.80. The van der Waals surface area contributed by atoms with Gasteiger partial charge in [-0.05, 0) is 43.4 Å². The molecule has 1 amide bonds. The van der Waals surface area contributed by atoms with Gasteiger partial charge in [0.15, 0.2) is 0 Å². The maximum atomic E-state index is 12.3. The Morgan fingerprint density at radius 2 is 2.16 bits per heavy atom. The first-order chi connectivity index (χ1) is 12.1. The van der Waals surface area contributed by atoms with Crippen molar-refractivity contribution in [1.82, 2.24) is 10.3 Å². The summed E-state index contributed by atoms with van der Waals surface area (Å²) in [6.07, 6.45) is 4.69. The number of pyridine rings is 1. The van der Waals surface area contributed by atoms with Crippen LogP contribution in [-0.4, -0.2) is 22.7 Å². The molecule has 0 aliphatic heterocycles. The van der Waals surface area contributed by atoms with Crippen LogP contribution >= 0.6 is 11.8 Å². The summed E-state index contributed by atoms with van der Waals surface area (Å²) in [5.41, 5.74) is 2.52. The predicted molar refractivity (Wildman–Crippen MR) is 101 cm³/mol. The molecule has 1 aromatic heterocycles. The quantitative estimate of drug-likeness (QED) is 0.837. The third-order valence-corrected chi connectivity index (χ3v) is 5.85. The monoisotopic (exact) mass is 353 g/mol. The number of hydrogen-bond acceptors (Lipinski definition) is 4. The second-order valence-corrected chi connectivity index (χ2v) is 7.84. The summed E-state index contributed by atoms with van der Waals surface area (Å²) in [7, 11) is 0.